The van der Waals surface area contributed by atoms with Gasteiger partial charge < -0.3 is 14.9 Å². The maximum atomic E-state index is 13.5. The fourth-order valence-corrected chi connectivity index (χ4v) is 6.10. The van der Waals surface area contributed by atoms with E-state index in [0.29, 0.717) is 0 Å². The van der Waals surface area contributed by atoms with Gasteiger partial charge >= 0.3 is 5.97 Å². The molecular formula is C24H26N2O4S. The predicted molar refractivity (Wildman–Crippen MR) is 118 cm³/mol. The Morgan fingerprint density at radius 3 is 2.55 bits per heavy atom. The van der Waals surface area contributed by atoms with Crippen LogP contribution in [0.2, 0.25) is 0 Å². The van der Waals surface area contributed by atoms with Gasteiger partial charge in [-0.05, 0) is 48.8 Å². The minimum atomic E-state index is -0.945. The maximum Gasteiger partial charge on any atom is 0.303 e. The number of amides is 2. The van der Waals surface area contributed by atoms with Gasteiger partial charge in [0.25, 0.3) is 5.91 Å². The van der Waals surface area contributed by atoms with Crippen molar-refractivity contribution in [2.75, 3.05) is 4.90 Å². The molecule has 162 valence electrons. The van der Waals surface area contributed by atoms with Crippen molar-refractivity contribution in [3.63, 3.8) is 0 Å². The third-order valence-corrected chi connectivity index (χ3v) is 7.67. The van der Waals surface area contributed by atoms with Crippen LogP contribution in [-0.4, -0.2) is 39.9 Å². The van der Waals surface area contributed by atoms with Gasteiger partial charge in [-0.25, -0.2) is 0 Å². The number of benzene rings is 1. The monoisotopic (exact) mass is 438 g/mol. The van der Waals surface area contributed by atoms with E-state index >= 15 is 0 Å². The number of fused-ring (bicyclic) bond motifs is 2. The van der Waals surface area contributed by atoms with Gasteiger partial charge in [-0.1, -0.05) is 30.7 Å². The number of thiophene rings is 1. The largest absolute Gasteiger partial charge is 0.481 e. The highest BCUT2D eigenvalue weighted by molar-refractivity contribution is 7.12. The second-order valence-corrected chi connectivity index (χ2v) is 9.69. The number of carboxylic acids is 1. The van der Waals surface area contributed by atoms with Gasteiger partial charge in [0.15, 0.2) is 0 Å². The molecule has 3 atom stereocenters. The van der Waals surface area contributed by atoms with E-state index in [2.05, 4.69) is 0 Å². The lowest BCUT2D eigenvalue weighted by Gasteiger charge is -2.47. The van der Waals surface area contributed by atoms with E-state index in [1.54, 1.807) is 0 Å². The number of para-hydroxylation sites is 1. The summed E-state index contributed by atoms with van der Waals surface area (Å²) < 4.78 is 0. The highest BCUT2D eigenvalue weighted by Gasteiger charge is 2.51. The summed E-state index contributed by atoms with van der Waals surface area (Å²) in [5, 5.41) is 11.0. The van der Waals surface area contributed by atoms with Crippen molar-refractivity contribution in [2.45, 2.75) is 63.1 Å². The molecule has 2 amide bonds. The van der Waals surface area contributed by atoms with Crippen molar-refractivity contribution in [2.24, 2.45) is 5.92 Å². The zero-order chi connectivity index (χ0) is 21.5. The fraction of sp³-hybridized carbons (Fsp3) is 0.458. The topological polar surface area (TPSA) is 77.9 Å². The van der Waals surface area contributed by atoms with Crippen LogP contribution >= 0.6 is 11.3 Å². The van der Waals surface area contributed by atoms with E-state index in [-0.39, 0.29) is 48.7 Å². The quantitative estimate of drug-likeness (QED) is 0.722. The van der Waals surface area contributed by atoms with Gasteiger partial charge in [-0.3, -0.25) is 14.4 Å². The average Bonchev–Trinajstić information content (AvgIpc) is 3.24. The molecule has 2 aliphatic carbocycles. The van der Waals surface area contributed by atoms with E-state index < -0.39 is 5.97 Å². The van der Waals surface area contributed by atoms with Crippen molar-refractivity contribution in [1.82, 2.24) is 4.90 Å². The molecule has 2 saturated carbocycles. The third-order valence-electron chi connectivity index (χ3n) is 6.82. The van der Waals surface area contributed by atoms with Crippen LogP contribution in [0.5, 0.6) is 0 Å². The number of carbonyl (C=O) groups is 3. The first kappa shape index (κ1) is 20.2. The number of nitrogens with zero attached hydrogens (tertiary/aromatic N) is 2. The number of carboxylic acid groups (broad SMARTS) is 1. The van der Waals surface area contributed by atoms with Crippen LogP contribution in [0.1, 0.15) is 66.2 Å². The van der Waals surface area contributed by atoms with Crippen LogP contribution in [-0.2, 0) is 9.59 Å². The summed E-state index contributed by atoms with van der Waals surface area (Å²) in [6.45, 7) is 0. The Morgan fingerprint density at radius 1 is 1.03 bits per heavy atom. The second kappa shape index (κ2) is 8.11. The van der Waals surface area contributed by atoms with Crippen LogP contribution in [0.4, 0.5) is 5.69 Å². The van der Waals surface area contributed by atoms with Gasteiger partial charge in [0.2, 0.25) is 5.91 Å². The van der Waals surface area contributed by atoms with Gasteiger partial charge in [-0.15, -0.1) is 11.3 Å². The lowest BCUT2D eigenvalue weighted by Crippen LogP contribution is -2.52. The van der Waals surface area contributed by atoms with Crippen LogP contribution in [0.15, 0.2) is 41.8 Å². The molecule has 1 N–H and O–H groups in total. The summed E-state index contributed by atoms with van der Waals surface area (Å²) >= 11 is 1.46. The Bertz CT molecular complexity index is 1000. The molecule has 7 heteroatoms. The Kier molecular flexibility index (Phi) is 5.30. The van der Waals surface area contributed by atoms with Crippen LogP contribution in [0, 0.1) is 5.92 Å². The molecule has 2 aromatic rings. The maximum absolute atomic E-state index is 13.5. The van der Waals surface area contributed by atoms with Crippen LogP contribution in [0.25, 0.3) is 0 Å². The van der Waals surface area contributed by atoms with Crippen LogP contribution in [0.3, 0.4) is 0 Å². The summed E-state index contributed by atoms with van der Waals surface area (Å²) in [6.07, 6.45) is 4.73. The van der Waals surface area contributed by atoms with E-state index in [1.807, 2.05) is 51.6 Å². The third kappa shape index (κ3) is 3.65. The molecular weight excluding hydrogens is 412 g/mol. The standard InChI is InChI=1S/C24H26N2O4S/c27-21(12-13-22(28)29)25(15-10-11-15)23-16-5-1-2-7-18(16)26(19-8-3-6-17(19)23)24(30)20-9-4-14-31-20/h1-2,4-5,7,9,14-15,17,19,23H,3,6,8,10-13H2,(H,28,29)/t17-,19+,23-/m0/s1. The van der Waals surface area contributed by atoms with Crippen molar-refractivity contribution in [3.05, 3.63) is 52.2 Å². The zero-order valence-electron chi connectivity index (χ0n) is 17.3. The Balaban J connectivity index is 1.56. The molecule has 0 spiro atoms. The Morgan fingerprint density at radius 2 is 1.84 bits per heavy atom. The molecule has 0 saturated heterocycles. The molecule has 5 rings (SSSR count). The molecule has 3 aliphatic rings. The molecule has 0 bridgehead atoms. The minimum Gasteiger partial charge on any atom is -0.481 e. The first-order valence-corrected chi connectivity index (χ1v) is 11.9. The van der Waals surface area contributed by atoms with E-state index in [1.165, 1.54) is 11.3 Å². The number of rotatable bonds is 6. The summed E-state index contributed by atoms with van der Waals surface area (Å²) in [6, 6.07) is 11.9. The highest BCUT2D eigenvalue weighted by Crippen LogP contribution is 2.53. The van der Waals surface area contributed by atoms with Gasteiger partial charge in [-0.2, -0.15) is 0 Å². The number of carbonyl (C=O) groups excluding carboxylic acids is 2. The lowest BCUT2D eigenvalue weighted by molar-refractivity contribution is -0.142. The molecule has 1 aromatic carbocycles. The van der Waals surface area contributed by atoms with Gasteiger partial charge in [0.05, 0.1) is 17.3 Å². The molecule has 1 aliphatic heterocycles. The van der Waals surface area contributed by atoms with Gasteiger partial charge in [0, 0.05) is 30.1 Å². The molecule has 2 heterocycles. The number of hydrogen-bond acceptors (Lipinski definition) is 4. The van der Waals surface area contributed by atoms with Crippen LogP contribution < -0.4 is 4.90 Å². The molecule has 31 heavy (non-hydrogen) atoms. The lowest BCUT2D eigenvalue weighted by atomic mass is 9.81. The van der Waals surface area contributed by atoms with E-state index in [4.69, 9.17) is 5.11 Å². The smallest absolute Gasteiger partial charge is 0.303 e. The zero-order valence-corrected chi connectivity index (χ0v) is 18.1. The summed E-state index contributed by atoms with van der Waals surface area (Å²) in [4.78, 5) is 42.5. The van der Waals surface area contributed by atoms with Crippen molar-refractivity contribution < 1.29 is 19.5 Å². The number of hydrogen-bond donors (Lipinski definition) is 1. The van der Waals surface area contributed by atoms with Crippen molar-refractivity contribution in [1.29, 1.82) is 0 Å². The molecule has 0 radical (unpaired) electrons. The van der Waals surface area contributed by atoms with Crippen molar-refractivity contribution in [3.8, 4) is 0 Å². The summed E-state index contributed by atoms with van der Waals surface area (Å²) in [7, 11) is 0. The first-order chi connectivity index (χ1) is 15.1. The second-order valence-electron chi connectivity index (χ2n) is 8.74. The SMILES string of the molecule is O=C(O)CCC(=O)N(C1CC1)[C@H]1c2ccccc2N(C(=O)c2cccs2)[C@@H]2CCC[C@@H]21. The van der Waals surface area contributed by atoms with Gasteiger partial charge in [0.1, 0.15) is 0 Å². The fourth-order valence-electron chi connectivity index (χ4n) is 5.44. The molecule has 6 nitrogen and oxygen atoms in total. The Hall–Kier alpha value is -2.67. The van der Waals surface area contributed by atoms with E-state index in [0.717, 1.165) is 48.2 Å². The Labute approximate surface area is 185 Å². The number of anilines is 1. The summed E-state index contributed by atoms with van der Waals surface area (Å²) in [5.74, 6) is -0.811. The van der Waals surface area contributed by atoms with E-state index in [9.17, 15) is 14.4 Å². The molecule has 0 unspecified atom stereocenters. The highest BCUT2D eigenvalue weighted by atomic mass is 32.1. The van der Waals surface area contributed by atoms with Crippen molar-refractivity contribution >= 4 is 34.8 Å². The average molecular weight is 439 g/mol. The molecule has 2 fully saturated rings. The predicted octanol–water partition coefficient (Wildman–Crippen LogP) is 4.47. The summed E-state index contributed by atoms with van der Waals surface area (Å²) in [5.41, 5.74) is 1.91. The molecule has 1 aromatic heterocycles. The number of aliphatic carboxylic acids is 1. The first-order valence-electron chi connectivity index (χ1n) is 11.0. The normalized spacial score (nSPS) is 24.4. The minimum absolute atomic E-state index is 0.0275.